The molecule has 0 aliphatic carbocycles. The van der Waals surface area contributed by atoms with Crippen molar-refractivity contribution >= 4 is 60.9 Å². The molecule has 0 aromatic heterocycles. The third-order valence-electron chi connectivity index (χ3n) is 5.52. The number of hydrogen-bond donors (Lipinski definition) is 1. The molecule has 31 heavy (non-hydrogen) atoms. The van der Waals surface area contributed by atoms with Gasteiger partial charge in [-0.25, -0.2) is 4.79 Å². The molecule has 0 radical (unpaired) electrons. The number of urea groups is 1. The predicted octanol–water partition coefficient (Wildman–Crippen LogP) is 7.33. The molecule has 160 valence electrons. The summed E-state index contributed by atoms with van der Waals surface area (Å²) in [5.74, 6) is 0. The SMILES string of the molecule is CCC[C@H]1N(c2ccc(Br)cc2)C(=O)N(c2ccc(Br)cc2)C1(O)c1cccc(Cl)c1. The Balaban J connectivity index is 1.95. The molecular weight excluding hydrogens is 544 g/mol. The van der Waals surface area contributed by atoms with E-state index in [1.165, 1.54) is 4.90 Å². The van der Waals surface area contributed by atoms with Gasteiger partial charge in [-0.2, -0.15) is 0 Å². The van der Waals surface area contributed by atoms with Gasteiger partial charge >= 0.3 is 6.03 Å². The van der Waals surface area contributed by atoms with Gasteiger partial charge < -0.3 is 5.11 Å². The highest BCUT2D eigenvalue weighted by Crippen LogP contribution is 2.46. The number of carbonyl (C=O) groups is 1. The van der Waals surface area contributed by atoms with Gasteiger partial charge in [0.2, 0.25) is 0 Å². The molecule has 1 heterocycles. The minimum Gasteiger partial charge on any atom is -0.365 e. The fourth-order valence-electron chi connectivity index (χ4n) is 4.15. The molecule has 3 aromatic rings. The first-order valence-corrected chi connectivity index (χ1v) is 12.0. The van der Waals surface area contributed by atoms with Gasteiger partial charge in [-0.1, -0.05) is 68.9 Å². The zero-order valence-corrected chi connectivity index (χ0v) is 20.7. The standard InChI is InChI=1S/C24H21Br2ClN2O2/c1-2-4-22-24(31,16-5-3-6-19(27)15-16)29(21-13-9-18(26)10-14-21)23(30)28(22)20-11-7-17(25)8-12-20/h3,5-15,22,31H,2,4H2,1H3/t22-,24?/m1/s1. The van der Waals surface area contributed by atoms with E-state index in [0.29, 0.717) is 22.7 Å². The Morgan fingerprint density at radius 3 is 2.10 bits per heavy atom. The van der Waals surface area contributed by atoms with Crippen molar-refractivity contribution in [2.24, 2.45) is 0 Å². The first kappa shape index (κ1) is 22.3. The maximum Gasteiger partial charge on any atom is 0.332 e. The Bertz CT molecular complexity index is 1090. The fraction of sp³-hybridized carbons (Fsp3) is 0.208. The Labute approximate surface area is 203 Å². The van der Waals surface area contributed by atoms with Crippen molar-refractivity contribution < 1.29 is 9.90 Å². The van der Waals surface area contributed by atoms with Crippen molar-refractivity contribution in [3.05, 3.63) is 92.3 Å². The van der Waals surface area contributed by atoms with Crippen molar-refractivity contribution in [3.63, 3.8) is 0 Å². The topological polar surface area (TPSA) is 43.8 Å². The van der Waals surface area contributed by atoms with Crippen molar-refractivity contribution in [1.29, 1.82) is 0 Å². The minimum absolute atomic E-state index is 0.287. The fourth-order valence-corrected chi connectivity index (χ4v) is 4.87. The van der Waals surface area contributed by atoms with E-state index in [1.54, 1.807) is 23.1 Å². The average Bonchev–Trinajstić information content (AvgIpc) is 2.97. The second kappa shape index (κ2) is 8.94. The number of rotatable bonds is 5. The number of benzene rings is 3. The van der Waals surface area contributed by atoms with Crippen LogP contribution in [0.5, 0.6) is 0 Å². The summed E-state index contributed by atoms with van der Waals surface area (Å²) >= 11 is 13.2. The van der Waals surface area contributed by atoms with Crippen LogP contribution in [-0.4, -0.2) is 17.2 Å². The lowest BCUT2D eigenvalue weighted by molar-refractivity contribution is 0.0290. The van der Waals surface area contributed by atoms with Crippen LogP contribution in [-0.2, 0) is 5.72 Å². The van der Waals surface area contributed by atoms with Gasteiger partial charge in [-0.3, -0.25) is 9.80 Å². The van der Waals surface area contributed by atoms with E-state index in [0.717, 1.165) is 21.1 Å². The second-order valence-electron chi connectivity index (χ2n) is 7.48. The Hall–Kier alpha value is -1.86. The van der Waals surface area contributed by atoms with E-state index in [2.05, 4.69) is 31.9 Å². The van der Waals surface area contributed by atoms with E-state index in [9.17, 15) is 9.90 Å². The van der Waals surface area contributed by atoms with Gasteiger partial charge in [0.05, 0.1) is 6.04 Å². The average molecular weight is 565 g/mol. The number of carbonyl (C=O) groups excluding carboxylic acids is 1. The number of anilines is 2. The van der Waals surface area contributed by atoms with E-state index in [-0.39, 0.29) is 6.03 Å². The summed E-state index contributed by atoms with van der Waals surface area (Å²) in [5, 5.41) is 12.8. The number of nitrogens with zero attached hydrogens (tertiary/aromatic N) is 2. The number of amides is 2. The third kappa shape index (κ3) is 4.02. The van der Waals surface area contributed by atoms with Crippen LogP contribution in [0.15, 0.2) is 81.7 Å². The van der Waals surface area contributed by atoms with Crippen LogP contribution in [0.25, 0.3) is 0 Å². The summed E-state index contributed by atoms with van der Waals surface area (Å²) in [7, 11) is 0. The molecule has 2 amide bonds. The van der Waals surface area contributed by atoms with Crippen LogP contribution >= 0.6 is 43.5 Å². The first-order valence-electron chi connectivity index (χ1n) is 9.99. The maximum atomic E-state index is 13.9. The van der Waals surface area contributed by atoms with Crippen molar-refractivity contribution in [2.45, 2.75) is 31.5 Å². The highest BCUT2D eigenvalue weighted by atomic mass is 79.9. The summed E-state index contributed by atoms with van der Waals surface area (Å²) in [6, 6.07) is 21.2. The highest BCUT2D eigenvalue weighted by molar-refractivity contribution is 9.10. The number of aliphatic hydroxyl groups is 1. The zero-order valence-electron chi connectivity index (χ0n) is 16.8. The molecule has 0 saturated carbocycles. The lowest BCUT2D eigenvalue weighted by Gasteiger charge is -2.37. The van der Waals surface area contributed by atoms with Gasteiger partial charge in [0.25, 0.3) is 0 Å². The molecule has 1 N–H and O–H groups in total. The molecule has 7 heteroatoms. The van der Waals surface area contributed by atoms with E-state index in [1.807, 2.05) is 61.5 Å². The smallest absolute Gasteiger partial charge is 0.332 e. The molecule has 2 atom stereocenters. The van der Waals surface area contributed by atoms with Gasteiger partial charge in [-0.15, -0.1) is 0 Å². The molecule has 3 aromatic carbocycles. The summed E-state index contributed by atoms with van der Waals surface area (Å²) in [6.45, 7) is 2.05. The summed E-state index contributed by atoms with van der Waals surface area (Å²) < 4.78 is 1.81. The molecule has 1 saturated heterocycles. The molecular formula is C24H21Br2ClN2O2. The Morgan fingerprint density at radius 1 is 0.968 bits per heavy atom. The highest BCUT2D eigenvalue weighted by Gasteiger charge is 2.58. The first-order chi connectivity index (χ1) is 14.9. The van der Waals surface area contributed by atoms with Crippen LogP contribution in [0.4, 0.5) is 16.2 Å². The van der Waals surface area contributed by atoms with Gasteiger partial charge in [0.1, 0.15) is 0 Å². The van der Waals surface area contributed by atoms with Gasteiger partial charge in [-0.05, 0) is 67.1 Å². The van der Waals surface area contributed by atoms with Crippen LogP contribution < -0.4 is 9.80 Å². The van der Waals surface area contributed by atoms with E-state index >= 15 is 0 Å². The molecule has 1 fully saturated rings. The Morgan fingerprint density at radius 2 is 1.55 bits per heavy atom. The quantitative estimate of drug-likeness (QED) is 0.353. The Kier molecular flexibility index (Phi) is 6.44. The summed E-state index contributed by atoms with van der Waals surface area (Å²) in [6.07, 6.45) is 1.40. The van der Waals surface area contributed by atoms with E-state index < -0.39 is 11.8 Å². The molecule has 0 spiro atoms. The lowest BCUT2D eigenvalue weighted by Crippen LogP contribution is -2.49. The van der Waals surface area contributed by atoms with Crippen molar-refractivity contribution in [2.75, 3.05) is 9.80 Å². The zero-order chi connectivity index (χ0) is 22.2. The summed E-state index contributed by atoms with van der Waals surface area (Å²) in [4.78, 5) is 17.0. The van der Waals surface area contributed by atoms with E-state index in [4.69, 9.17) is 11.6 Å². The van der Waals surface area contributed by atoms with Crippen LogP contribution in [0.3, 0.4) is 0 Å². The second-order valence-corrected chi connectivity index (χ2v) is 9.75. The molecule has 4 rings (SSSR count). The maximum absolute atomic E-state index is 13.9. The van der Waals surface area contributed by atoms with Gasteiger partial charge in [0, 0.05) is 30.9 Å². The largest absolute Gasteiger partial charge is 0.365 e. The predicted molar refractivity (Wildman–Crippen MR) is 133 cm³/mol. The molecule has 1 unspecified atom stereocenters. The molecule has 4 nitrogen and oxygen atoms in total. The van der Waals surface area contributed by atoms with Crippen molar-refractivity contribution in [3.8, 4) is 0 Å². The number of halogens is 3. The monoisotopic (exact) mass is 562 g/mol. The van der Waals surface area contributed by atoms with Crippen LogP contribution in [0, 0.1) is 0 Å². The summed E-state index contributed by atoms with van der Waals surface area (Å²) in [5.41, 5.74) is 0.316. The number of hydrogen-bond acceptors (Lipinski definition) is 2. The minimum atomic E-state index is -1.60. The third-order valence-corrected chi connectivity index (χ3v) is 6.81. The van der Waals surface area contributed by atoms with Crippen LogP contribution in [0.1, 0.15) is 25.3 Å². The molecule has 0 bridgehead atoms. The molecule has 1 aliphatic heterocycles. The van der Waals surface area contributed by atoms with Crippen LogP contribution in [0.2, 0.25) is 5.02 Å². The lowest BCUT2D eigenvalue weighted by atomic mass is 9.90. The van der Waals surface area contributed by atoms with Gasteiger partial charge in [0.15, 0.2) is 5.72 Å². The van der Waals surface area contributed by atoms with Crippen molar-refractivity contribution in [1.82, 2.24) is 0 Å². The normalized spacial score (nSPS) is 21.1. The molecule has 1 aliphatic rings.